The Balaban J connectivity index is 1.56. The zero-order chi connectivity index (χ0) is 19.2. The van der Waals surface area contributed by atoms with E-state index in [1.807, 2.05) is 0 Å². The van der Waals surface area contributed by atoms with Crippen LogP contribution in [0.5, 0.6) is 5.75 Å². The number of carbonyl (C=O) groups is 2. The number of nitrogens with zero attached hydrogens (tertiary/aromatic N) is 2. The number of hydrogen-bond donors (Lipinski definition) is 0. The van der Waals surface area contributed by atoms with Crippen molar-refractivity contribution in [3.8, 4) is 5.75 Å². The number of carbonyl (C=O) groups excluding carboxylic acids is 2. The molecular formula is C18H16F2N2O4S. The van der Waals surface area contributed by atoms with Gasteiger partial charge in [0.2, 0.25) is 0 Å². The van der Waals surface area contributed by atoms with E-state index in [-0.39, 0.29) is 11.7 Å². The van der Waals surface area contributed by atoms with Crippen LogP contribution >= 0.6 is 11.3 Å². The van der Waals surface area contributed by atoms with Crippen LogP contribution in [0.2, 0.25) is 0 Å². The Hall–Kier alpha value is -2.81. The molecule has 1 fully saturated rings. The highest BCUT2D eigenvalue weighted by molar-refractivity contribution is 7.12. The third-order valence-corrected chi connectivity index (χ3v) is 4.83. The number of halogens is 2. The Morgan fingerprint density at radius 2 is 2.04 bits per heavy atom. The van der Waals surface area contributed by atoms with Crippen LogP contribution in [0.3, 0.4) is 0 Å². The fourth-order valence-corrected chi connectivity index (χ4v) is 3.41. The molecule has 3 rings (SSSR count). The van der Waals surface area contributed by atoms with E-state index in [2.05, 4.69) is 9.89 Å². The third kappa shape index (κ3) is 4.88. The van der Waals surface area contributed by atoms with Crippen LogP contribution in [0.15, 0.2) is 46.9 Å². The molecule has 1 atom stereocenters. The monoisotopic (exact) mass is 394 g/mol. The van der Waals surface area contributed by atoms with E-state index < -0.39 is 18.6 Å². The van der Waals surface area contributed by atoms with Crippen molar-refractivity contribution < 1.29 is 27.9 Å². The van der Waals surface area contributed by atoms with Crippen LogP contribution < -0.4 is 4.74 Å². The van der Waals surface area contributed by atoms with Crippen LogP contribution in [-0.2, 0) is 9.63 Å². The molecule has 0 bridgehead atoms. The maximum Gasteiger partial charge on any atom is 0.387 e. The molecule has 0 N–H and O–H groups in total. The number of thiophene rings is 1. The predicted molar refractivity (Wildman–Crippen MR) is 95.1 cm³/mol. The van der Waals surface area contributed by atoms with Crippen LogP contribution in [0, 0.1) is 0 Å². The summed E-state index contributed by atoms with van der Waals surface area (Å²) in [7, 11) is 0. The van der Waals surface area contributed by atoms with Crippen LogP contribution in [0.1, 0.15) is 28.1 Å². The van der Waals surface area contributed by atoms with Gasteiger partial charge in [-0.3, -0.25) is 4.79 Å². The standard InChI is InChI=1S/C18H16F2N2O4S/c19-18(20)25-13-7-5-12(6-8-13)11-21-26-17(24)14-3-1-9-22(14)16(23)15-4-2-10-27-15/h2,4-8,10-11,14,18H,1,3,9H2/b21-11+. The molecule has 1 aromatic carbocycles. The lowest BCUT2D eigenvalue weighted by Gasteiger charge is -2.21. The second kappa shape index (κ2) is 8.72. The predicted octanol–water partition coefficient (Wildman–Crippen LogP) is 3.53. The van der Waals surface area contributed by atoms with E-state index in [4.69, 9.17) is 4.84 Å². The molecule has 1 aliphatic rings. The molecular weight excluding hydrogens is 378 g/mol. The SMILES string of the molecule is O=C(O/N=C/c1ccc(OC(F)F)cc1)C1CCCN1C(=O)c1cccs1. The molecule has 2 aromatic rings. The third-order valence-electron chi connectivity index (χ3n) is 3.97. The zero-order valence-corrected chi connectivity index (χ0v) is 14.9. The van der Waals surface area contributed by atoms with E-state index in [9.17, 15) is 18.4 Å². The van der Waals surface area contributed by atoms with E-state index in [1.54, 1.807) is 17.5 Å². The Morgan fingerprint density at radius 1 is 1.26 bits per heavy atom. The van der Waals surface area contributed by atoms with Gasteiger partial charge in [-0.25, -0.2) is 4.79 Å². The highest BCUT2D eigenvalue weighted by Gasteiger charge is 2.36. The van der Waals surface area contributed by atoms with Gasteiger partial charge in [0.1, 0.15) is 11.8 Å². The fraction of sp³-hybridized carbons (Fsp3) is 0.278. The molecule has 2 heterocycles. The van der Waals surface area contributed by atoms with E-state index in [0.29, 0.717) is 29.8 Å². The number of hydrogen-bond acceptors (Lipinski definition) is 6. The quantitative estimate of drug-likeness (QED) is 0.427. The van der Waals surface area contributed by atoms with Gasteiger partial charge in [0.25, 0.3) is 5.91 Å². The summed E-state index contributed by atoms with van der Waals surface area (Å²) in [5.74, 6) is -0.776. The topological polar surface area (TPSA) is 68.2 Å². The summed E-state index contributed by atoms with van der Waals surface area (Å²) in [5, 5.41) is 5.44. The second-order valence-corrected chi connectivity index (χ2v) is 6.67. The minimum atomic E-state index is -2.89. The molecule has 1 unspecified atom stereocenters. The van der Waals surface area contributed by atoms with E-state index in [0.717, 1.165) is 0 Å². The molecule has 9 heteroatoms. The van der Waals surface area contributed by atoms with Crippen molar-refractivity contribution in [3.05, 3.63) is 52.2 Å². The first kappa shape index (κ1) is 19.0. The lowest BCUT2D eigenvalue weighted by molar-refractivity contribution is -0.148. The minimum Gasteiger partial charge on any atom is -0.435 e. The number of benzene rings is 1. The summed E-state index contributed by atoms with van der Waals surface area (Å²) in [6.07, 6.45) is 2.52. The van der Waals surface area contributed by atoms with Gasteiger partial charge < -0.3 is 14.5 Å². The van der Waals surface area contributed by atoms with Gasteiger partial charge in [-0.15, -0.1) is 11.3 Å². The Kier molecular flexibility index (Phi) is 6.12. The minimum absolute atomic E-state index is 0.0211. The van der Waals surface area contributed by atoms with Crippen molar-refractivity contribution in [2.24, 2.45) is 5.16 Å². The molecule has 6 nitrogen and oxygen atoms in total. The Morgan fingerprint density at radius 3 is 2.70 bits per heavy atom. The van der Waals surface area contributed by atoms with Gasteiger partial charge in [-0.2, -0.15) is 8.78 Å². The van der Waals surface area contributed by atoms with Crippen molar-refractivity contribution in [2.45, 2.75) is 25.5 Å². The van der Waals surface area contributed by atoms with E-state index >= 15 is 0 Å². The maximum absolute atomic E-state index is 12.5. The molecule has 1 saturated heterocycles. The van der Waals surface area contributed by atoms with E-state index in [1.165, 1.54) is 46.7 Å². The number of rotatable bonds is 6. The van der Waals surface area contributed by atoms with Crippen molar-refractivity contribution in [2.75, 3.05) is 6.54 Å². The smallest absolute Gasteiger partial charge is 0.387 e. The summed E-state index contributed by atoms with van der Waals surface area (Å²) in [6, 6.07) is 8.53. The van der Waals surface area contributed by atoms with Crippen molar-refractivity contribution >= 4 is 29.4 Å². The Labute approximate surface area is 158 Å². The fourth-order valence-electron chi connectivity index (χ4n) is 2.73. The number of ether oxygens (including phenoxy) is 1. The first-order valence-electron chi connectivity index (χ1n) is 8.18. The molecule has 1 amide bonds. The zero-order valence-electron chi connectivity index (χ0n) is 14.1. The molecule has 27 heavy (non-hydrogen) atoms. The van der Waals surface area contributed by atoms with Gasteiger partial charge in [0.05, 0.1) is 11.1 Å². The largest absolute Gasteiger partial charge is 0.435 e. The maximum atomic E-state index is 12.5. The Bertz CT molecular complexity index is 809. The molecule has 0 radical (unpaired) electrons. The molecule has 1 aromatic heterocycles. The average Bonchev–Trinajstić information content (AvgIpc) is 3.34. The van der Waals surface area contributed by atoms with Crippen LogP contribution in [0.25, 0.3) is 0 Å². The molecule has 0 spiro atoms. The number of likely N-dealkylation sites (tertiary alicyclic amines) is 1. The van der Waals surface area contributed by atoms with Crippen LogP contribution in [-0.4, -0.2) is 42.2 Å². The highest BCUT2D eigenvalue weighted by Crippen LogP contribution is 2.23. The van der Waals surface area contributed by atoms with Crippen molar-refractivity contribution in [1.82, 2.24) is 4.90 Å². The summed E-state index contributed by atoms with van der Waals surface area (Å²) < 4.78 is 28.5. The molecule has 142 valence electrons. The first-order chi connectivity index (χ1) is 13.0. The number of oxime groups is 1. The van der Waals surface area contributed by atoms with Gasteiger partial charge >= 0.3 is 12.6 Å². The number of alkyl halides is 2. The summed E-state index contributed by atoms with van der Waals surface area (Å²) in [5.41, 5.74) is 0.544. The molecule has 0 aliphatic carbocycles. The van der Waals surface area contributed by atoms with Gasteiger partial charge in [0.15, 0.2) is 0 Å². The van der Waals surface area contributed by atoms with Gasteiger partial charge in [0, 0.05) is 6.54 Å². The van der Waals surface area contributed by atoms with Crippen molar-refractivity contribution in [1.29, 1.82) is 0 Å². The van der Waals surface area contributed by atoms with Gasteiger partial charge in [-0.05, 0) is 54.1 Å². The normalized spacial score (nSPS) is 16.9. The second-order valence-electron chi connectivity index (χ2n) is 5.73. The lowest BCUT2D eigenvalue weighted by Crippen LogP contribution is -2.40. The summed E-state index contributed by atoms with van der Waals surface area (Å²) in [4.78, 5) is 31.7. The van der Waals surface area contributed by atoms with Gasteiger partial charge in [-0.1, -0.05) is 11.2 Å². The summed E-state index contributed by atoms with van der Waals surface area (Å²) in [6.45, 7) is -2.40. The summed E-state index contributed by atoms with van der Waals surface area (Å²) >= 11 is 1.32. The van der Waals surface area contributed by atoms with Crippen molar-refractivity contribution in [3.63, 3.8) is 0 Å². The van der Waals surface area contributed by atoms with Crippen LogP contribution in [0.4, 0.5) is 8.78 Å². The first-order valence-corrected chi connectivity index (χ1v) is 9.06. The number of amides is 1. The average molecular weight is 394 g/mol. The molecule has 0 saturated carbocycles. The highest BCUT2D eigenvalue weighted by atomic mass is 32.1. The molecule has 1 aliphatic heterocycles. The lowest BCUT2D eigenvalue weighted by atomic mass is 10.2.